The SMILES string of the molecule is CC(=O)NC1(c2noc(CCC(=O)NC3CNCCC3C)n2)CCCCCC1.Cl. The van der Waals surface area contributed by atoms with Gasteiger partial charge < -0.3 is 20.5 Å². The monoisotopic (exact) mass is 427 g/mol. The molecule has 2 fully saturated rings. The van der Waals surface area contributed by atoms with Crippen LogP contribution in [0.25, 0.3) is 0 Å². The Labute approximate surface area is 178 Å². The lowest BCUT2D eigenvalue weighted by atomic mass is 9.89. The smallest absolute Gasteiger partial charge is 0.227 e. The average molecular weight is 428 g/mol. The lowest BCUT2D eigenvalue weighted by molar-refractivity contribution is -0.122. The summed E-state index contributed by atoms with van der Waals surface area (Å²) in [5.41, 5.74) is -0.546. The van der Waals surface area contributed by atoms with E-state index < -0.39 is 5.54 Å². The number of nitrogens with one attached hydrogen (secondary N) is 3. The van der Waals surface area contributed by atoms with E-state index in [0.717, 1.165) is 58.0 Å². The number of carbonyl (C=O) groups is 2. The van der Waals surface area contributed by atoms with Crippen LogP contribution in [0.5, 0.6) is 0 Å². The first-order valence-electron chi connectivity index (χ1n) is 10.6. The summed E-state index contributed by atoms with van der Waals surface area (Å²) in [5, 5.41) is 13.7. The zero-order valence-electron chi connectivity index (χ0n) is 17.5. The number of amides is 2. The van der Waals surface area contributed by atoms with Crippen LogP contribution in [-0.2, 0) is 21.5 Å². The molecular formula is C20H34ClN5O3. The first-order valence-corrected chi connectivity index (χ1v) is 10.6. The van der Waals surface area contributed by atoms with Crippen molar-refractivity contribution >= 4 is 24.2 Å². The first-order chi connectivity index (χ1) is 13.5. The maximum absolute atomic E-state index is 12.3. The summed E-state index contributed by atoms with van der Waals surface area (Å²) in [5.74, 6) is 1.40. The third kappa shape index (κ3) is 6.40. The van der Waals surface area contributed by atoms with Crippen molar-refractivity contribution in [3.63, 3.8) is 0 Å². The van der Waals surface area contributed by atoms with Crippen molar-refractivity contribution in [1.82, 2.24) is 26.1 Å². The number of nitrogens with zero attached hydrogens (tertiary/aromatic N) is 2. The number of halogens is 1. The zero-order valence-corrected chi connectivity index (χ0v) is 18.3. The second-order valence-electron chi connectivity index (χ2n) is 8.33. The molecule has 1 aliphatic heterocycles. The van der Waals surface area contributed by atoms with E-state index in [1.807, 2.05) is 0 Å². The Hall–Kier alpha value is -1.67. The van der Waals surface area contributed by atoms with E-state index in [2.05, 4.69) is 33.0 Å². The summed E-state index contributed by atoms with van der Waals surface area (Å²) >= 11 is 0. The fourth-order valence-electron chi connectivity index (χ4n) is 4.31. The summed E-state index contributed by atoms with van der Waals surface area (Å²) < 4.78 is 5.42. The highest BCUT2D eigenvalue weighted by Crippen LogP contribution is 2.34. The van der Waals surface area contributed by atoms with E-state index >= 15 is 0 Å². The Bertz CT molecular complexity index is 673. The van der Waals surface area contributed by atoms with Gasteiger partial charge in [-0.2, -0.15) is 4.98 Å². The van der Waals surface area contributed by atoms with Crippen LogP contribution in [0.3, 0.4) is 0 Å². The van der Waals surface area contributed by atoms with Gasteiger partial charge in [-0.25, -0.2) is 0 Å². The zero-order chi connectivity index (χ0) is 20.0. The Morgan fingerprint density at radius 2 is 1.97 bits per heavy atom. The third-order valence-corrected chi connectivity index (χ3v) is 6.01. The number of aryl methyl sites for hydroxylation is 1. The standard InChI is InChI=1S/C20H33N5O3.ClH/c1-14-9-12-21-13-16(14)22-17(27)7-8-18-23-19(25-28-18)20(24-15(2)26)10-5-3-4-6-11-20;/h14,16,21H,3-13H2,1-2H3,(H,22,27)(H,24,26);1H. The molecule has 0 radical (unpaired) electrons. The van der Waals surface area contributed by atoms with Crippen LogP contribution in [0.1, 0.15) is 76.9 Å². The summed E-state index contributed by atoms with van der Waals surface area (Å²) in [6, 6.07) is 0.175. The van der Waals surface area contributed by atoms with E-state index in [4.69, 9.17) is 4.52 Å². The second kappa shape index (κ2) is 10.9. The molecule has 1 saturated heterocycles. The van der Waals surface area contributed by atoms with Gasteiger partial charge in [0.05, 0.1) is 0 Å². The average Bonchev–Trinajstić information content (AvgIpc) is 3.02. The molecule has 0 spiro atoms. The normalized spacial score (nSPS) is 24.1. The number of aromatic nitrogens is 2. The quantitative estimate of drug-likeness (QED) is 0.600. The molecule has 3 N–H and O–H groups in total. The Morgan fingerprint density at radius 1 is 1.24 bits per heavy atom. The van der Waals surface area contributed by atoms with Gasteiger partial charge in [-0.3, -0.25) is 9.59 Å². The highest BCUT2D eigenvalue weighted by molar-refractivity contribution is 5.85. The summed E-state index contributed by atoms with van der Waals surface area (Å²) in [6.45, 7) is 5.52. The number of rotatable bonds is 6. The van der Waals surface area contributed by atoms with E-state index in [1.54, 1.807) is 0 Å². The molecule has 1 aliphatic carbocycles. The van der Waals surface area contributed by atoms with Crippen molar-refractivity contribution in [2.24, 2.45) is 5.92 Å². The van der Waals surface area contributed by atoms with Gasteiger partial charge in [0.1, 0.15) is 5.54 Å². The van der Waals surface area contributed by atoms with Crippen molar-refractivity contribution < 1.29 is 14.1 Å². The molecule has 1 aromatic rings. The van der Waals surface area contributed by atoms with Crippen LogP contribution < -0.4 is 16.0 Å². The van der Waals surface area contributed by atoms with Crippen molar-refractivity contribution in [2.75, 3.05) is 13.1 Å². The van der Waals surface area contributed by atoms with Gasteiger partial charge in [0.25, 0.3) is 0 Å². The second-order valence-corrected chi connectivity index (χ2v) is 8.33. The minimum Gasteiger partial charge on any atom is -0.352 e. The van der Waals surface area contributed by atoms with Crippen LogP contribution in [0.2, 0.25) is 0 Å². The molecule has 1 aromatic heterocycles. The van der Waals surface area contributed by atoms with Gasteiger partial charge in [0.15, 0.2) is 5.82 Å². The molecule has 2 atom stereocenters. The lowest BCUT2D eigenvalue weighted by Crippen LogP contribution is -2.50. The van der Waals surface area contributed by atoms with Gasteiger partial charge in [-0.1, -0.05) is 37.8 Å². The van der Waals surface area contributed by atoms with Gasteiger partial charge in [-0.05, 0) is 31.7 Å². The highest BCUT2D eigenvalue weighted by atomic mass is 35.5. The highest BCUT2D eigenvalue weighted by Gasteiger charge is 2.38. The molecule has 3 rings (SSSR count). The van der Waals surface area contributed by atoms with Gasteiger partial charge in [0.2, 0.25) is 17.7 Å². The van der Waals surface area contributed by atoms with Gasteiger partial charge in [-0.15, -0.1) is 12.4 Å². The molecule has 2 unspecified atom stereocenters. The van der Waals surface area contributed by atoms with Crippen LogP contribution in [0.15, 0.2) is 4.52 Å². The molecule has 29 heavy (non-hydrogen) atoms. The lowest BCUT2D eigenvalue weighted by Gasteiger charge is -2.30. The molecule has 164 valence electrons. The van der Waals surface area contributed by atoms with Crippen LogP contribution in [0.4, 0.5) is 0 Å². The molecular weight excluding hydrogens is 394 g/mol. The fraction of sp³-hybridized carbons (Fsp3) is 0.800. The Morgan fingerprint density at radius 3 is 2.62 bits per heavy atom. The predicted molar refractivity (Wildman–Crippen MR) is 112 cm³/mol. The molecule has 2 amide bonds. The minimum atomic E-state index is -0.546. The maximum atomic E-state index is 12.3. The first kappa shape index (κ1) is 23.6. The summed E-state index contributed by atoms with van der Waals surface area (Å²) in [7, 11) is 0. The summed E-state index contributed by atoms with van der Waals surface area (Å²) in [6.07, 6.45) is 7.80. The number of hydrogen-bond acceptors (Lipinski definition) is 6. The van der Waals surface area contributed by atoms with Crippen LogP contribution in [0, 0.1) is 5.92 Å². The van der Waals surface area contributed by atoms with E-state index in [-0.39, 0.29) is 30.3 Å². The fourth-order valence-corrected chi connectivity index (χ4v) is 4.31. The molecule has 0 aromatic carbocycles. The largest absolute Gasteiger partial charge is 0.352 e. The molecule has 9 heteroatoms. The van der Waals surface area contributed by atoms with Crippen molar-refractivity contribution in [3.05, 3.63) is 11.7 Å². The number of hydrogen-bond donors (Lipinski definition) is 3. The van der Waals surface area contributed by atoms with E-state index in [0.29, 0.717) is 30.5 Å². The van der Waals surface area contributed by atoms with Crippen molar-refractivity contribution in [3.8, 4) is 0 Å². The molecule has 2 heterocycles. The molecule has 1 saturated carbocycles. The number of piperidine rings is 1. The molecule has 8 nitrogen and oxygen atoms in total. The van der Waals surface area contributed by atoms with Gasteiger partial charge >= 0.3 is 0 Å². The topological polar surface area (TPSA) is 109 Å². The van der Waals surface area contributed by atoms with Crippen LogP contribution in [-0.4, -0.2) is 41.1 Å². The minimum absolute atomic E-state index is 0. The maximum Gasteiger partial charge on any atom is 0.227 e. The van der Waals surface area contributed by atoms with Crippen LogP contribution >= 0.6 is 12.4 Å². The third-order valence-electron chi connectivity index (χ3n) is 6.01. The molecule has 0 bridgehead atoms. The van der Waals surface area contributed by atoms with E-state index in [1.165, 1.54) is 6.92 Å². The van der Waals surface area contributed by atoms with Crippen molar-refractivity contribution in [2.45, 2.75) is 83.2 Å². The van der Waals surface area contributed by atoms with Crippen molar-refractivity contribution in [1.29, 1.82) is 0 Å². The summed E-state index contributed by atoms with van der Waals surface area (Å²) in [4.78, 5) is 28.6. The number of carbonyl (C=O) groups excluding carboxylic acids is 2. The Balaban J connectivity index is 0.00000300. The van der Waals surface area contributed by atoms with Gasteiger partial charge in [0, 0.05) is 32.4 Å². The molecule has 2 aliphatic rings. The predicted octanol–water partition coefficient (Wildman–Crippen LogP) is 2.22. The Kier molecular flexibility index (Phi) is 8.89. The van der Waals surface area contributed by atoms with E-state index in [9.17, 15) is 9.59 Å².